The van der Waals surface area contributed by atoms with Crippen LogP contribution < -0.4 is 5.32 Å². The molecule has 10 heavy (non-hydrogen) atoms. The SMILES string of the molecule is CCCCCCNCOC. The van der Waals surface area contributed by atoms with E-state index in [2.05, 4.69) is 12.2 Å². The fraction of sp³-hybridized carbons (Fsp3) is 1.00. The van der Waals surface area contributed by atoms with Crippen LogP contribution in [0.3, 0.4) is 0 Å². The van der Waals surface area contributed by atoms with Crippen LogP contribution in [0.1, 0.15) is 32.6 Å². The van der Waals surface area contributed by atoms with Crippen LogP contribution in [-0.4, -0.2) is 20.4 Å². The molecule has 1 N–H and O–H groups in total. The van der Waals surface area contributed by atoms with Crippen molar-refractivity contribution >= 4 is 0 Å². The highest BCUT2D eigenvalue weighted by Gasteiger charge is 1.85. The van der Waals surface area contributed by atoms with E-state index >= 15 is 0 Å². The Labute approximate surface area is 64.0 Å². The summed E-state index contributed by atoms with van der Waals surface area (Å²) in [6, 6.07) is 0. The zero-order chi connectivity index (χ0) is 7.66. The average molecular weight is 145 g/mol. The Hall–Kier alpha value is -0.0800. The van der Waals surface area contributed by atoms with Crippen molar-refractivity contribution in [1.29, 1.82) is 0 Å². The molecular formula is C8H19NO. The lowest BCUT2D eigenvalue weighted by atomic mass is 10.2. The first-order valence-electron chi connectivity index (χ1n) is 4.11. The fourth-order valence-corrected chi connectivity index (χ4v) is 0.851. The van der Waals surface area contributed by atoms with Crippen molar-refractivity contribution in [3.63, 3.8) is 0 Å². The zero-order valence-electron chi connectivity index (χ0n) is 7.15. The third-order valence-electron chi connectivity index (χ3n) is 1.45. The lowest BCUT2D eigenvalue weighted by molar-refractivity contribution is 0.175. The number of nitrogens with one attached hydrogen (secondary N) is 1. The van der Waals surface area contributed by atoms with Crippen LogP contribution in [0, 0.1) is 0 Å². The number of ether oxygens (including phenoxy) is 1. The highest BCUT2D eigenvalue weighted by atomic mass is 16.5. The molecule has 0 aliphatic rings. The lowest BCUT2D eigenvalue weighted by Crippen LogP contribution is -2.17. The van der Waals surface area contributed by atoms with E-state index in [1.54, 1.807) is 7.11 Å². The van der Waals surface area contributed by atoms with Gasteiger partial charge in [-0.15, -0.1) is 0 Å². The van der Waals surface area contributed by atoms with Gasteiger partial charge >= 0.3 is 0 Å². The summed E-state index contributed by atoms with van der Waals surface area (Å²) in [6.07, 6.45) is 5.28. The van der Waals surface area contributed by atoms with Crippen molar-refractivity contribution in [2.45, 2.75) is 32.6 Å². The molecule has 0 rings (SSSR count). The molecule has 0 fully saturated rings. The van der Waals surface area contributed by atoms with Crippen LogP contribution in [0.4, 0.5) is 0 Å². The molecule has 0 radical (unpaired) electrons. The number of unbranched alkanes of at least 4 members (excludes halogenated alkanes) is 3. The van der Waals surface area contributed by atoms with Gasteiger partial charge in [-0.3, -0.25) is 5.32 Å². The molecule has 0 aromatic rings. The van der Waals surface area contributed by atoms with Crippen molar-refractivity contribution in [3.8, 4) is 0 Å². The van der Waals surface area contributed by atoms with Gasteiger partial charge in [0.15, 0.2) is 0 Å². The Bertz CT molecular complexity index is 49.2. The minimum absolute atomic E-state index is 0.687. The van der Waals surface area contributed by atoms with Crippen LogP contribution in [0.25, 0.3) is 0 Å². The predicted octanol–water partition coefficient (Wildman–Crippen LogP) is 1.76. The third kappa shape index (κ3) is 7.92. The Kier molecular flexibility index (Phi) is 8.85. The Morgan fingerprint density at radius 3 is 2.60 bits per heavy atom. The van der Waals surface area contributed by atoms with E-state index in [0.717, 1.165) is 6.54 Å². The van der Waals surface area contributed by atoms with E-state index in [4.69, 9.17) is 4.74 Å². The molecule has 0 heterocycles. The molecule has 0 aliphatic carbocycles. The van der Waals surface area contributed by atoms with Crippen molar-refractivity contribution in [2.24, 2.45) is 0 Å². The molecule has 0 atom stereocenters. The highest BCUT2D eigenvalue weighted by molar-refractivity contribution is 4.43. The Balaban J connectivity index is 2.65. The summed E-state index contributed by atoms with van der Waals surface area (Å²) in [5, 5.41) is 3.17. The summed E-state index contributed by atoms with van der Waals surface area (Å²) < 4.78 is 4.84. The Morgan fingerprint density at radius 1 is 1.20 bits per heavy atom. The van der Waals surface area contributed by atoms with Gasteiger partial charge < -0.3 is 4.74 Å². The van der Waals surface area contributed by atoms with Crippen LogP contribution in [0.5, 0.6) is 0 Å². The van der Waals surface area contributed by atoms with E-state index in [1.165, 1.54) is 25.7 Å². The fourth-order valence-electron chi connectivity index (χ4n) is 0.851. The summed E-state index contributed by atoms with van der Waals surface area (Å²) in [5.74, 6) is 0. The molecular weight excluding hydrogens is 126 g/mol. The number of rotatable bonds is 7. The van der Waals surface area contributed by atoms with Gasteiger partial charge in [-0.05, 0) is 13.0 Å². The van der Waals surface area contributed by atoms with Crippen LogP contribution in [0.2, 0.25) is 0 Å². The smallest absolute Gasteiger partial charge is 0.0961 e. The van der Waals surface area contributed by atoms with E-state index < -0.39 is 0 Å². The second-order valence-electron chi connectivity index (χ2n) is 2.49. The maximum Gasteiger partial charge on any atom is 0.0961 e. The van der Waals surface area contributed by atoms with Crippen LogP contribution in [-0.2, 0) is 4.74 Å². The van der Waals surface area contributed by atoms with Crippen molar-refractivity contribution < 1.29 is 4.74 Å². The molecule has 2 heteroatoms. The van der Waals surface area contributed by atoms with Crippen molar-refractivity contribution in [1.82, 2.24) is 5.32 Å². The largest absolute Gasteiger partial charge is 0.370 e. The van der Waals surface area contributed by atoms with Gasteiger partial charge in [0.05, 0.1) is 6.73 Å². The highest BCUT2D eigenvalue weighted by Crippen LogP contribution is 1.96. The van der Waals surface area contributed by atoms with E-state index in [-0.39, 0.29) is 0 Å². The third-order valence-corrected chi connectivity index (χ3v) is 1.45. The molecule has 0 aromatic heterocycles. The molecule has 0 spiro atoms. The molecule has 62 valence electrons. The summed E-state index contributed by atoms with van der Waals surface area (Å²) in [4.78, 5) is 0. The maximum absolute atomic E-state index is 4.84. The van der Waals surface area contributed by atoms with E-state index in [1.807, 2.05) is 0 Å². The summed E-state index contributed by atoms with van der Waals surface area (Å²) in [7, 11) is 1.71. The molecule has 0 saturated carbocycles. The number of hydrogen-bond donors (Lipinski definition) is 1. The quantitative estimate of drug-likeness (QED) is 0.435. The van der Waals surface area contributed by atoms with Gasteiger partial charge in [-0.25, -0.2) is 0 Å². The van der Waals surface area contributed by atoms with Gasteiger partial charge in [0, 0.05) is 7.11 Å². The molecule has 0 aliphatic heterocycles. The molecule has 0 saturated heterocycles. The van der Waals surface area contributed by atoms with Gasteiger partial charge in [0.25, 0.3) is 0 Å². The minimum atomic E-state index is 0.687. The zero-order valence-corrected chi connectivity index (χ0v) is 7.15. The van der Waals surface area contributed by atoms with Crippen molar-refractivity contribution in [2.75, 3.05) is 20.4 Å². The number of methoxy groups -OCH3 is 1. The topological polar surface area (TPSA) is 21.3 Å². The molecule has 0 amide bonds. The van der Waals surface area contributed by atoms with E-state index in [9.17, 15) is 0 Å². The van der Waals surface area contributed by atoms with Crippen LogP contribution >= 0.6 is 0 Å². The van der Waals surface area contributed by atoms with Gasteiger partial charge in [0.2, 0.25) is 0 Å². The standard InChI is InChI=1S/C8H19NO/c1-3-4-5-6-7-9-8-10-2/h9H,3-8H2,1-2H3. The second-order valence-corrected chi connectivity index (χ2v) is 2.49. The molecule has 2 nitrogen and oxygen atoms in total. The molecule has 0 bridgehead atoms. The molecule has 0 unspecified atom stereocenters. The maximum atomic E-state index is 4.84. The summed E-state index contributed by atoms with van der Waals surface area (Å²) >= 11 is 0. The summed E-state index contributed by atoms with van der Waals surface area (Å²) in [6.45, 7) is 4.00. The minimum Gasteiger partial charge on any atom is -0.370 e. The number of hydrogen-bond acceptors (Lipinski definition) is 2. The normalized spacial score (nSPS) is 10.2. The van der Waals surface area contributed by atoms with Gasteiger partial charge in [-0.1, -0.05) is 26.2 Å². The van der Waals surface area contributed by atoms with E-state index in [0.29, 0.717) is 6.73 Å². The monoisotopic (exact) mass is 145 g/mol. The molecule has 0 aromatic carbocycles. The second kappa shape index (κ2) is 8.92. The Morgan fingerprint density at radius 2 is 2.00 bits per heavy atom. The van der Waals surface area contributed by atoms with Crippen LogP contribution in [0.15, 0.2) is 0 Å². The lowest BCUT2D eigenvalue weighted by Gasteiger charge is -2.01. The first kappa shape index (κ1) is 9.92. The van der Waals surface area contributed by atoms with Gasteiger partial charge in [0.1, 0.15) is 0 Å². The first-order chi connectivity index (χ1) is 4.91. The first-order valence-corrected chi connectivity index (χ1v) is 4.11. The van der Waals surface area contributed by atoms with Gasteiger partial charge in [-0.2, -0.15) is 0 Å². The summed E-state index contributed by atoms with van der Waals surface area (Å²) in [5.41, 5.74) is 0. The predicted molar refractivity (Wildman–Crippen MR) is 44.0 cm³/mol. The average Bonchev–Trinajstić information content (AvgIpc) is 1.97. The van der Waals surface area contributed by atoms with Crippen molar-refractivity contribution in [3.05, 3.63) is 0 Å².